The molecule has 1 aliphatic heterocycles. The van der Waals surface area contributed by atoms with Crippen LogP contribution in [-0.4, -0.2) is 24.6 Å². The number of amides is 1. The lowest BCUT2D eigenvalue weighted by Gasteiger charge is -2.17. The van der Waals surface area contributed by atoms with Crippen molar-refractivity contribution in [1.29, 1.82) is 0 Å². The van der Waals surface area contributed by atoms with Crippen LogP contribution in [0.3, 0.4) is 0 Å². The molecule has 0 radical (unpaired) electrons. The Bertz CT molecular complexity index is 640. The zero-order valence-electron chi connectivity index (χ0n) is 10.3. The molecule has 2 aromatic rings. The zero-order valence-corrected chi connectivity index (χ0v) is 10.3. The Hall–Kier alpha value is -2.56. The highest BCUT2D eigenvalue weighted by Crippen LogP contribution is 2.30. The zero-order chi connectivity index (χ0) is 13.2. The van der Waals surface area contributed by atoms with E-state index >= 15 is 0 Å². The molecule has 0 aliphatic carbocycles. The molecule has 5 nitrogen and oxygen atoms in total. The maximum absolute atomic E-state index is 11.3. The lowest BCUT2D eigenvalue weighted by Crippen LogP contribution is -2.26. The number of benzene rings is 1. The molecule has 0 fully saturated rings. The largest absolute Gasteiger partial charge is 0.497 e. The number of methoxy groups -OCH3 is 1. The molecule has 1 amide bonds. The number of pyridine rings is 1. The van der Waals surface area contributed by atoms with Gasteiger partial charge in [0, 0.05) is 5.56 Å². The molecular formula is C14H12N2O3. The topological polar surface area (TPSA) is 60.5 Å². The van der Waals surface area contributed by atoms with Crippen LogP contribution in [0.1, 0.15) is 0 Å². The lowest BCUT2D eigenvalue weighted by molar-refractivity contribution is -0.118. The first-order valence-electron chi connectivity index (χ1n) is 5.84. The lowest BCUT2D eigenvalue weighted by atomic mass is 10.1. The number of fused-ring (bicyclic) bond motifs is 1. The van der Waals surface area contributed by atoms with E-state index in [1.165, 1.54) is 0 Å². The van der Waals surface area contributed by atoms with E-state index in [0.29, 0.717) is 11.6 Å². The number of nitrogens with one attached hydrogen (secondary N) is 1. The number of carbonyl (C=O) groups excluding carboxylic acids is 1. The predicted octanol–water partition coefficient (Wildman–Crippen LogP) is 2.09. The van der Waals surface area contributed by atoms with Gasteiger partial charge in [0.25, 0.3) is 5.91 Å². The van der Waals surface area contributed by atoms with Crippen molar-refractivity contribution in [3.05, 3.63) is 36.4 Å². The number of carbonyl (C=O) groups is 1. The Morgan fingerprint density at radius 1 is 1.32 bits per heavy atom. The van der Waals surface area contributed by atoms with Crippen molar-refractivity contribution in [2.24, 2.45) is 0 Å². The third-order valence-electron chi connectivity index (χ3n) is 2.84. The van der Waals surface area contributed by atoms with Gasteiger partial charge in [-0.25, -0.2) is 4.98 Å². The minimum Gasteiger partial charge on any atom is -0.497 e. The Balaban J connectivity index is 2.01. The standard InChI is InChI=1S/C14H12N2O3/c1-18-10-4-2-3-9(7-10)11-5-6-12-14(15-11)16-13(17)8-19-12/h2-7H,8H2,1H3,(H,15,16,17). The van der Waals surface area contributed by atoms with Gasteiger partial charge in [0.1, 0.15) is 5.75 Å². The van der Waals surface area contributed by atoms with Crippen LogP contribution in [0.4, 0.5) is 5.82 Å². The summed E-state index contributed by atoms with van der Waals surface area (Å²) in [6, 6.07) is 11.2. The molecule has 5 heteroatoms. The van der Waals surface area contributed by atoms with Crippen LogP contribution in [0, 0.1) is 0 Å². The Morgan fingerprint density at radius 3 is 3.05 bits per heavy atom. The van der Waals surface area contributed by atoms with Gasteiger partial charge in [-0.05, 0) is 24.3 Å². The second kappa shape index (κ2) is 4.61. The van der Waals surface area contributed by atoms with E-state index in [2.05, 4.69) is 10.3 Å². The van der Waals surface area contributed by atoms with Crippen molar-refractivity contribution in [1.82, 2.24) is 4.98 Å². The van der Waals surface area contributed by atoms with Crippen LogP contribution in [-0.2, 0) is 4.79 Å². The van der Waals surface area contributed by atoms with Crippen LogP contribution in [0.2, 0.25) is 0 Å². The van der Waals surface area contributed by atoms with Gasteiger partial charge in [-0.15, -0.1) is 0 Å². The molecule has 0 spiro atoms. The van der Waals surface area contributed by atoms with E-state index in [4.69, 9.17) is 9.47 Å². The summed E-state index contributed by atoms with van der Waals surface area (Å²) >= 11 is 0. The molecule has 1 aliphatic rings. The third-order valence-corrected chi connectivity index (χ3v) is 2.84. The molecular weight excluding hydrogens is 244 g/mol. The number of rotatable bonds is 2. The third kappa shape index (κ3) is 2.22. The summed E-state index contributed by atoms with van der Waals surface area (Å²) in [6.07, 6.45) is 0. The number of anilines is 1. The van der Waals surface area contributed by atoms with Gasteiger partial charge in [-0.1, -0.05) is 12.1 Å². The number of hydrogen-bond donors (Lipinski definition) is 1. The summed E-state index contributed by atoms with van der Waals surface area (Å²) < 4.78 is 10.5. The summed E-state index contributed by atoms with van der Waals surface area (Å²) in [5, 5.41) is 2.69. The molecule has 3 rings (SSSR count). The molecule has 0 unspecified atom stereocenters. The molecule has 0 saturated heterocycles. The second-order valence-corrected chi connectivity index (χ2v) is 4.11. The van der Waals surface area contributed by atoms with Crippen molar-refractivity contribution in [3.63, 3.8) is 0 Å². The fourth-order valence-electron chi connectivity index (χ4n) is 1.91. The molecule has 96 valence electrons. The Kier molecular flexibility index (Phi) is 2.79. The highest BCUT2D eigenvalue weighted by molar-refractivity contribution is 5.94. The number of hydrogen-bond acceptors (Lipinski definition) is 4. The molecule has 2 heterocycles. The maximum Gasteiger partial charge on any atom is 0.263 e. The fraction of sp³-hybridized carbons (Fsp3) is 0.143. The average molecular weight is 256 g/mol. The van der Waals surface area contributed by atoms with Crippen molar-refractivity contribution in [3.8, 4) is 22.8 Å². The quantitative estimate of drug-likeness (QED) is 0.893. The summed E-state index contributed by atoms with van der Waals surface area (Å²) in [5.74, 6) is 1.61. The van der Waals surface area contributed by atoms with E-state index in [-0.39, 0.29) is 12.5 Å². The van der Waals surface area contributed by atoms with Gasteiger partial charge in [0.05, 0.1) is 12.8 Å². The van der Waals surface area contributed by atoms with Crippen LogP contribution >= 0.6 is 0 Å². The molecule has 1 N–H and O–H groups in total. The molecule has 1 aromatic heterocycles. The molecule has 0 atom stereocenters. The van der Waals surface area contributed by atoms with Crippen LogP contribution in [0.5, 0.6) is 11.5 Å². The number of ether oxygens (including phenoxy) is 2. The van der Waals surface area contributed by atoms with Crippen molar-refractivity contribution in [2.75, 3.05) is 19.0 Å². The van der Waals surface area contributed by atoms with Gasteiger partial charge in [-0.3, -0.25) is 4.79 Å². The minimum absolute atomic E-state index is 0.0349. The maximum atomic E-state index is 11.3. The Morgan fingerprint density at radius 2 is 2.21 bits per heavy atom. The van der Waals surface area contributed by atoms with Gasteiger partial charge in [0.15, 0.2) is 18.2 Å². The second-order valence-electron chi connectivity index (χ2n) is 4.11. The minimum atomic E-state index is -0.192. The van der Waals surface area contributed by atoms with Crippen molar-refractivity contribution in [2.45, 2.75) is 0 Å². The van der Waals surface area contributed by atoms with Crippen molar-refractivity contribution < 1.29 is 14.3 Å². The SMILES string of the molecule is COc1cccc(-c2ccc3c(n2)NC(=O)CO3)c1. The van der Waals surface area contributed by atoms with Crippen LogP contribution in [0.25, 0.3) is 11.3 Å². The summed E-state index contributed by atoms with van der Waals surface area (Å²) in [7, 11) is 1.62. The fourth-order valence-corrected chi connectivity index (χ4v) is 1.91. The number of aromatic nitrogens is 1. The van der Waals surface area contributed by atoms with E-state index in [1.54, 1.807) is 13.2 Å². The summed E-state index contributed by atoms with van der Waals surface area (Å²) in [4.78, 5) is 15.7. The smallest absolute Gasteiger partial charge is 0.263 e. The van der Waals surface area contributed by atoms with E-state index in [0.717, 1.165) is 17.0 Å². The summed E-state index contributed by atoms with van der Waals surface area (Å²) in [5.41, 5.74) is 1.67. The predicted molar refractivity (Wildman–Crippen MR) is 70.3 cm³/mol. The molecule has 0 saturated carbocycles. The monoisotopic (exact) mass is 256 g/mol. The van der Waals surface area contributed by atoms with Gasteiger partial charge < -0.3 is 14.8 Å². The normalized spacial score (nSPS) is 13.2. The first-order chi connectivity index (χ1) is 9.26. The van der Waals surface area contributed by atoms with Gasteiger partial charge >= 0.3 is 0 Å². The molecule has 19 heavy (non-hydrogen) atoms. The average Bonchev–Trinajstić information content (AvgIpc) is 2.46. The van der Waals surface area contributed by atoms with E-state index < -0.39 is 0 Å². The first kappa shape index (κ1) is 11.5. The van der Waals surface area contributed by atoms with E-state index in [1.807, 2.05) is 30.3 Å². The number of nitrogens with zero attached hydrogens (tertiary/aromatic N) is 1. The van der Waals surface area contributed by atoms with Gasteiger partial charge in [0.2, 0.25) is 0 Å². The Labute approximate surface area is 110 Å². The highest BCUT2D eigenvalue weighted by atomic mass is 16.5. The first-order valence-corrected chi connectivity index (χ1v) is 5.84. The van der Waals surface area contributed by atoms with E-state index in [9.17, 15) is 4.79 Å². The van der Waals surface area contributed by atoms with Crippen LogP contribution < -0.4 is 14.8 Å². The summed E-state index contributed by atoms with van der Waals surface area (Å²) in [6.45, 7) is 0.0349. The van der Waals surface area contributed by atoms with Gasteiger partial charge in [-0.2, -0.15) is 0 Å². The van der Waals surface area contributed by atoms with Crippen molar-refractivity contribution >= 4 is 11.7 Å². The highest BCUT2D eigenvalue weighted by Gasteiger charge is 2.17. The van der Waals surface area contributed by atoms with Crippen LogP contribution in [0.15, 0.2) is 36.4 Å². The molecule has 0 bridgehead atoms. The molecule has 1 aromatic carbocycles.